The highest BCUT2D eigenvalue weighted by atomic mass is 35.5. The van der Waals surface area contributed by atoms with Crippen LogP contribution in [0, 0.1) is 11.3 Å². The maximum absolute atomic E-state index is 13.1. The minimum atomic E-state index is -3.80. The molecular weight excluding hydrogens is 572 g/mol. The van der Waals surface area contributed by atoms with E-state index in [-0.39, 0.29) is 34.5 Å². The van der Waals surface area contributed by atoms with Crippen molar-refractivity contribution in [3.05, 3.63) is 83.4 Å². The minimum Gasteiger partial charge on any atom is -0.490 e. The Balaban J connectivity index is 1.52. The molecule has 0 bridgehead atoms. The number of anilines is 1. The number of amides is 1. The molecule has 1 fully saturated rings. The molecule has 2 aromatic rings. The zero-order valence-corrected chi connectivity index (χ0v) is 25.9. The Kier molecular flexibility index (Phi) is 8.80. The van der Waals surface area contributed by atoms with Gasteiger partial charge in [0.1, 0.15) is 5.75 Å². The number of aryl methyl sites for hydroxylation is 1. The zero-order valence-electron chi connectivity index (χ0n) is 24.3. The van der Waals surface area contributed by atoms with Crippen molar-refractivity contribution in [1.29, 1.82) is 0 Å². The first-order valence-electron chi connectivity index (χ1n) is 14.8. The topological polar surface area (TPSA) is 95.9 Å². The SMILES string of the molecule is C=CCCS(=O)(=O)NC(=O)c1ccc2c(c1)N(C[C@H]1CC[C@]1(C)[C@H](O)CC=C)CC1(CCCc3cc(Cl)ccc31)CO2. The van der Waals surface area contributed by atoms with Crippen LogP contribution in [0.5, 0.6) is 5.75 Å². The molecule has 5 rings (SSSR count). The van der Waals surface area contributed by atoms with Crippen LogP contribution in [-0.4, -0.2) is 51.0 Å². The zero-order chi connectivity index (χ0) is 30.1. The number of halogens is 1. The molecule has 1 unspecified atom stereocenters. The second-order valence-electron chi connectivity index (χ2n) is 12.4. The molecule has 2 N–H and O–H groups in total. The summed E-state index contributed by atoms with van der Waals surface area (Å²) in [5.41, 5.74) is 2.96. The van der Waals surface area contributed by atoms with Crippen molar-refractivity contribution >= 4 is 33.2 Å². The lowest BCUT2D eigenvalue weighted by atomic mass is 9.57. The van der Waals surface area contributed by atoms with Gasteiger partial charge in [-0.3, -0.25) is 4.79 Å². The number of benzene rings is 2. The molecule has 7 nitrogen and oxygen atoms in total. The van der Waals surface area contributed by atoms with Gasteiger partial charge in [-0.1, -0.05) is 36.7 Å². The summed E-state index contributed by atoms with van der Waals surface area (Å²) < 4.78 is 33.6. The number of hydrogen-bond donors (Lipinski definition) is 2. The summed E-state index contributed by atoms with van der Waals surface area (Å²) in [5, 5.41) is 11.7. The summed E-state index contributed by atoms with van der Waals surface area (Å²) in [7, 11) is -3.80. The smallest absolute Gasteiger partial charge is 0.264 e. The molecule has 0 saturated heterocycles. The molecule has 1 amide bonds. The maximum atomic E-state index is 13.1. The monoisotopic (exact) mass is 612 g/mol. The molecule has 226 valence electrons. The van der Waals surface area contributed by atoms with Crippen LogP contribution in [-0.2, 0) is 21.9 Å². The number of carbonyl (C=O) groups excluding carboxylic acids is 1. The highest BCUT2D eigenvalue weighted by Crippen LogP contribution is 2.52. The van der Waals surface area contributed by atoms with E-state index in [0.717, 1.165) is 42.8 Å². The second-order valence-corrected chi connectivity index (χ2v) is 14.7. The summed E-state index contributed by atoms with van der Waals surface area (Å²) in [4.78, 5) is 15.4. The fourth-order valence-corrected chi connectivity index (χ4v) is 8.15. The fourth-order valence-electron chi connectivity index (χ4n) is 6.98. The Labute approximate surface area is 254 Å². The van der Waals surface area contributed by atoms with Crippen molar-refractivity contribution in [3.63, 3.8) is 0 Å². The molecule has 1 aliphatic heterocycles. The van der Waals surface area contributed by atoms with Gasteiger partial charge in [-0.05, 0) is 97.7 Å². The number of sulfonamides is 1. The molecule has 1 spiro atoms. The number of nitrogens with zero attached hydrogens (tertiary/aromatic N) is 1. The highest BCUT2D eigenvalue weighted by Gasteiger charge is 2.49. The Hall–Kier alpha value is -2.81. The summed E-state index contributed by atoms with van der Waals surface area (Å²) in [6, 6.07) is 11.3. The third kappa shape index (κ3) is 5.99. The average molecular weight is 613 g/mol. The van der Waals surface area contributed by atoms with E-state index in [2.05, 4.69) is 41.8 Å². The molecule has 0 aromatic heterocycles. The standard InChI is InChI=1S/C33H41ClN2O5S/c1-4-6-17-42(39,40)35-31(38)24-10-13-29-28(19-24)36(20-25-14-16-32(25,3)30(37)8-5-2)21-33(22-41-29)15-7-9-23-18-26(34)11-12-27(23)33/h4-5,10-13,18-19,25,30,37H,1-2,6-9,14-17,20-22H2,3H3,(H,35,38)/t25-,30-,32+,33?/m1/s1. The molecule has 1 saturated carbocycles. The van der Waals surface area contributed by atoms with E-state index in [4.69, 9.17) is 16.3 Å². The van der Waals surface area contributed by atoms with Crippen molar-refractivity contribution in [2.45, 2.75) is 63.4 Å². The van der Waals surface area contributed by atoms with Gasteiger partial charge in [-0.15, -0.1) is 13.2 Å². The van der Waals surface area contributed by atoms with Crippen LogP contribution in [0.4, 0.5) is 5.69 Å². The predicted octanol–water partition coefficient (Wildman–Crippen LogP) is 5.80. The molecule has 9 heteroatoms. The van der Waals surface area contributed by atoms with Crippen molar-refractivity contribution in [1.82, 2.24) is 4.72 Å². The van der Waals surface area contributed by atoms with Gasteiger partial charge in [0.25, 0.3) is 5.91 Å². The van der Waals surface area contributed by atoms with Crippen LogP contribution in [0.1, 0.15) is 66.9 Å². The van der Waals surface area contributed by atoms with Gasteiger partial charge < -0.3 is 14.7 Å². The van der Waals surface area contributed by atoms with Crippen LogP contribution in [0.2, 0.25) is 5.02 Å². The number of nitrogens with one attached hydrogen (secondary N) is 1. The normalized spacial score (nSPS) is 25.7. The van der Waals surface area contributed by atoms with Crippen molar-refractivity contribution in [2.24, 2.45) is 11.3 Å². The van der Waals surface area contributed by atoms with E-state index in [1.165, 1.54) is 17.2 Å². The number of aliphatic hydroxyl groups excluding tert-OH is 1. The van der Waals surface area contributed by atoms with Gasteiger partial charge >= 0.3 is 0 Å². The van der Waals surface area contributed by atoms with Crippen LogP contribution >= 0.6 is 11.6 Å². The number of carbonyl (C=O) groups is 1. The van der Waals surface area contributed by atoms with Gasteiger partial charge in [-0.25, -0.2) is 13.1 Å². The highest BCUT2D eigenvalue weighted by molar-refractivity contribution is 7.90. The Morgan fingerprint density at radius 3 is 2.76 bits per heavy atom. The third-order valence-corrected chi connectivity index (χ3v) is 11.2. The lowest BCUT2D eigenvalue weighted by Gasteiger charge is -2.52. The average Bonchev–Trinajstić information content (AvgIpc) is 3.10. The molecular formula is C33H41ClN2O5S. The van der Waals surface area contributed by atoms with Gasteiger partial charge in [0.2, 0.25) is 10.0 Å². The first-order valence-corrected chi connectivity index (χ1v) is 16.8. The molecule has 3 aliphatic rings. The maximum Gasteiger partial charge on any atom is 0.264 e. The van der Waals surface area contributed by atoms with Crippen LogP contribution in [0.3, 0.4) is 0 Å². The van der Waals surface area contributed by atoms with Gasteiger partial charge in [0.15, 0.2) is 0 Å². The molecule has 2 aliphatic carbocycles. The van der Waals surface area contributed by atoms with Gasteiger partial charge in [0.05, 0.1) is 24.2 Å². The lowest BCUT2D eigenvalue weighted by molar-refractivity contribution is -0.0695. The quantitative estimate of drug-likeness (QED) is 0.329. The second kappa shape index (κ2) is 12.1. The molecule has 1 heterocycles. The number of hydrogen-bond acceptors (Lipinski definition) is 6. The molecule has 0 radical (unpaired) electrons. The largest absolute Gasteiger partial charge is 0.490 e. The van der Waals surface area contributed by atoms with E-state index < -0.39 is 22.0 Å². The van der Waals surface area contributed by atoms with Crippen LogP contribution < -0.4 is 14.4 Å². The number of ether oxygens (including phenoxy) is 1. The predicted molar refractivity (Wildman–Crippen MR) is 168 cm³/mol. The number of allylic oxidation sites excluding steroid dienone is 1. The van der Waals surface area contributed by atoms with Crippen LogP contribution in [0.15, 0.2) is 61.7 Å². The molecule has 2 aromatic carbocycles. The Morgan fingerprint density at radius 1 is 1.24 bits per heavy atom. The lowest BCUT2D eigenvalue weighted by Crippen LogP contribution is -2.53. The Bertz CT molecular complexity index is 1480. The van der Waals surface area contributed by atoms with Gasteiger partial charge in [0, 0.05) is 29.1 Å². The summed E-state index contributed by atoms with van der Waals surface area (Å²) in [6.07, 6.45) is 8.42. The first kappa shape index (κ1) is 30.6. The number of aliphatic hydroxyl groups is 1. The third-order valence-electron chi connectivity index (χ3n) is 9.69. The van der Waals surface area contributed by atoms with E-state index in [1.54, 1.807) is 24.3 Å². The van der Waals surface area contributed by atoms with E-state index >= 15 is 0 Å². The molecule has 4 atom stereocenters. The minimum absolute atomic E-state index is 0.207. The van der Waals surface area contributed by atoms with E-state index in [9.17, 15) is 18.3 Å². The Morgan fingerprint density at radius 2 is 2.05 bits per heavy atom. The number of fused-ring (bicyclic) bond motifs is 3. The van der Waals surface area contributed by atoms with E-state index in [1.807, 2.05) is 6.07 Å². The summed E-state index contributed by atoms with van der Waals surface area (Å²) in [5.74, 6) is 0.00211. The van der Waals surface area contributed by atoms with Crippen molar-refractivity contribution in [2.75, 3.05) is 30.3 Å². The summed E-state index contributed by atoms with van der Waals surface area (Å²) in [6.45, 7) is 11.4. The van der Waals surface area contributed by atoms with Gasteiger partial charge in [-0.2, -0.15) is 0 Å². The molecule has 42 heavy (non-hydrogen) atoms. The fraction of sp³-hybridized carbons (Fsp3) is 0.485. The summed E-state index contributed by atoms with van der Waals surface area (Å²) >= 11 is 6.38. The van der Waals surface area contributed by atoms with E-state index in [0.29, 0.717) is 31.9 Å². The number of rotatable bonds is 10. The van der Waals surface area contributed by atoms with Crippen molar-refractivity contribution < 1.29 is 23.1 Å². The van der Waals surface area contributed by atoms with Crippen LogP contribution in [0.25, 0.3) is 0 Å². The van der Waals surface area contributed by atoms with Crippen molar-refractivity contribution in [3.8, 4) is 5.75 Å². The first-order chi connectivity index (χ1) is 20.0.